The van der Waals surface area contributed by atoms with Gasteiger partial charge in [0, 0.05) is 28.0 Å². The Labute approximate surface area is 162 Å². The van der Waals surface area contributed by atoms with Crippen molar-refractivity contribution in [3.05, 3.63) is 101 Å². The Hall–Kier alpha value is -3.37. The Bertz CT molecular complexity index is 984. The molecule has 134 valence electrons. The minimum atomic E-state index is -0.273. The van der Waals surface area contributed by atoms with Gasteiger partial charge in [-0.3, -0.25) is 9.59 Å². The minimum absolute atomic E-state index is 0.253. The summed E-state index contributed by atoms with van der Waals surface area (Å²) in [5.74, 6) is -0.526. The van der Waals surface area contributed by atoms with Gasteiger partial charge in [0.25, 0.3) is 5.91 Å². The maximum atomic E-state index is 12.3. The van der Waals surface area contributed by atoms with Gasteiger partial charge in [0.05, 0.1) is 0 Å². The Balaban J connectivity index is 1.64. The number of amides is 2. The molecule has 5 heteroatoms. The van der Waals surface area contributed by atoms with Crippen molar-refractivity contribution in [3.8, 4) is 0 Å². The van der Waals surface area contributed by atoms with E-state index in [9.17, 15) is 9.59 Å². The summed E-state index contributed by atoms with van der Waals surface area (Å²) in [5, 5.41) is 6.06. The number of nitrogens with one attached hydrogen (secondary N) is 2. The van der Waals surface area contributed by atoms with Crippen LogP contribution in [0.1, 0.15) is 15.9 Å². The van der Waals surface area contributed by atoms with Crippen LogP contribution in [-0.2, 0) is 4.79 Å². The quantitative estimate of drug-likeness (QED) is 0.598. The van der Waals surface area contributed by atoms with Crippen LogP contribution in [0, 0.1) is 0 Å². The molecule has 3 aromatic carbocycles. The topological polar surface area (TPSA) is 58.2 Å². The molecule has 0 radical (unpaired) electrons. The number of rotatable bonds is 5. The lowest BCUT2D eigenvalue weighted by molar-refractivity contribution is -0.111. The molecule has 2 amide bonds. The highest BCUT2D eigenvalue weighted by molar-refractivity contribution is 6.31. The predicted molar refractivity (Wildman–Crippen MR) is 110 cm³/mol. The molecule has 0 bridgehead atoms. The molecule has 0 aliphatic rings. The summed E-state index contributed by atoms with van der Waals surface area (Å²) in [7, 11) is 0. The van der Waals surface area contributed by atoms with Crippen LogP contribution in [0.15, 0.2) is 84.9 Å². The molecule has 27 heavy (non-hydrogen) atoms. The van der Waals surface area contributed by atoms with Gasteiger partial charge in [-0.05, 0) is 48.0 Å². The number of hydrogen-bond acceptors (Lipinski definition) is 2. The lowest BCUT2D eigenvalue weighted by atomic mass is 10.2. The van der Waals surface area contributed by atoms with E-state index < -0.39 is 0 Å². The van der Waals surface area contributed by atoms with E-state index in [1.165, 1.54) is 6.08 Å². The summed E-state index contributed by atoms with van der Waals surface area (Å²) < 4.78 is 0. The number of benzene rings is 3. The molecule has 0 aliphatic heterocycles. The van der Waals surface area contributed by atoms with Crippen molar-refractivity contribution in [3.63, 3.8) is 0 Å². The SMILES string of the molecule is O=C(/C=C/c1ccccc1)Nc1cccc(NC(=O)c2cccc(Cl)c2)c1. The molecule has 4 nitrogen and oxygen atoms in total. The summed E-state index contributed by atoms with van der Waals surface area (Å²) in [6.45, 7) is 0. The number of carbonyl (C=O) groups is 2. The van der Waals surface area contributed by atoms with Gasteiger partial charge < -0.3 is 10.6 Å². The van der Waals surface area contributed by atoms with E-state index in [-0.39, 0.29) is 11.8 Å². The van der Waals surface area contributed by atoms with Crippen LogP contribution in [0.25, 0.3) is 6.08 Å². The lowest BCUT2D eigenvalue weighted by Gasteiger charge is -2.08. The van der Waals surface area contributed by atoms with Crippen molar-refractivity contribution in [2.75, 3.05) is 10.6 Å². The fraction of sp³-hybridized carbons (Fsp3) is 0. The van der Waals surface area contributed by atoms with Crippen molar-refractivity contribution < 1.29 is 9.59 Å². The third kappa shape index (κ3) is 5.56. The Kier molecular flexibility index (Phi) is 6.02. The first-order valence-electron chi connectivity index (χ1n) is 8.31. The standard InChI is InChI=1S/C22H17ClN2O2/c23-18-9-4-8-17(14-18)22(27)25-20-11-5-10-19(15-20)24-21(26)13-12-16-6-2-1-3-7-16/h1-15H,(H,24,26)(H,25,27)/b13-12+. The second-order valence-corrected chi connectivity index (χ2v) is 6.21. The van der Waals surface area contributed by atoms with E-state index >= 15 is 0 Å². The molecule has 0 aromatic heterocycles. The van der Waals surface area contributed by atoms with E-state index in [1.807, 2.05) is 30.3 Å². The Morgan fingerprint density at radius 3 is 2.22 bits per heavy atom. The maximum absolute atomic E-state index is 12.3. The summed E-state index contributed by atoms with van der Waals surface area (Å²) in [4.78, 5) is 24.4. The predicted octanol–water partition coefficient (Wildman–Crippen LogP) is 5.24. The van der Waals surface area contributed by atoms with Crippen LogP contribution in [0.5, 0.6) is 0 Å². The third-order valence-electron chi connectivity index (χ3n) is 3.70. The summed E-state index contributed by atoms with van der Waals surface area (Å²) in [6.07, 6.45) is 3.20. The van der Waals surface area contributed by atoms with Gasteiger partial charge in [0.2, 0.25) is 5.91 Å². The highest BCUT2D eigenvalue weighted by Crippen LogP contribution is 2.17. The molecule has 3 rings (SSSR count). The van der Waals surface area contributed by atoms with Crippen molar-refractivity contribution in [1.82, 2.24) is 0 Å². The average Bonchev–Trinajstić information content (AvgIpc) is 2.67. The number of halogens is 1. The van der Waals surface area contributed by atoms with Gasteiger partial charge >= 0.3 is 0 Å². The monoisotopic (exact) mass is 376 g/mol. The van der Waals surface area contributed by atoms with Crippen molar-refractivity contribution in [2.24, 2.45) is 0 Å². The first kappa shape index (κ1) is 18.4. The molecule has 0 atom stereocenters. The van der Waals surface area contributed by atoms with Crippen LogP contribution in [-0.4, -0.2) is 11.8 Å². The zero-order chi connectivity index (χ0) is 19.1. The van der Waals surface area contributed by atoms with E-state index in [4.69, 9.17) is 11.6 Å². The zero-order valence-electron chi connectivity index (χ0n) is 14.4. The summed E-state index contributed by atoms with van der Waals surface area (Å²) in [6, 6.07) is 23.2. The molecular formula is C22H17ClN2O2. The molecule has 0 fully saturated rings. The van der Waals surface area contributed by atoms with E-state index in [0.29, 0.717) is 22.0 Å². The lowest BCUT2D eigenvalue weighted by Crippen LogP contribution is -2.12. The van der Waals surface area contributed by atoms with Gasteiger partial charge in [-0.1, -0.05) is 54.1 Å². The van der Waals surface area contributed by atoms with Crippen LogP contribution in [0.3, 0.4) is 0 Å². The molecule has 2 N–H and O–H groups in total. The molecule has 3 aromatic rings. The highest BCUT2D eigenvalue weighted by Gasteiger charge is 2.07. The highest BCUT2D eigenvalue weighted by atomic mass is 35.5. The molecule has 0 saturated heterocycles. The van der Waals surface area contributed by atoms with Gasteiger partial charge in [-0.15, -0.1) is 0 Å². The molecular weight excluding hydrogens is 360 g/mol. The zero-order valence-corrected chi connectivity index (χ0v) is 15.1. The molecule has 0 heterocycles. The van der Waals surface area contributed by atoms with Crippen molar-refractivity contribution >= 4 is 40.9 Å². The van der Waals surface area contributed by atoms with Gasteiger partial charge in [-0.25, -0.2) is 0 Å². The third-order valence-corrected chi connectivity index (χ3v) is 3.94. The fourth-order valence-corrected chi connectivity index (χ4v) is 2.62. The maximum Gasteiger partial charge on any atom is 0.255 e. The second-order valence-electron chi connectivity index (χ2n) is 5.78. The average molecular weight is 377 g/mol. The normalized spacial score (nSPS) is 10.6. The van der Waals surface area contributed by atoms with E-state index in [1.54, 1.807) is 54.6 Å². The molecule has 0 spiro atoms. The summed E-state index contributed by atoms with van der Waals surface area (Å²) in [5.41, 5.74) is 2.56. The largest absolute Gasteiger partial charge is 0.322 e. The van der Waals surface area contributed by atoms with Crippen LogP contribution in [0.2, 0.25) is 5.02 Å². The first-order valence-corrected chi connectivity index (χ1v) is 8.69. The van der Waals surface area contributed by atoms with Gasteiger partial charge in [0.15, 0.2) is 0 Å². The van der Waals surface area contributed by atoms with Crippen molar-refractivity contribution in [2.45, 2.75) is 0 Å². The minimum Gasteiger partial charge on any atom is -0.322 e. The van der Waals surface area contributed by atoms with Crippen LogP contribution in [0.4, 0.5) is 11.4 Å². The number of hydrogen-bond donors (Lipinski definition) is 2. The molecule has 0 saturated carbocycles. The molecule has 0 aliphatic carbocycles. The van der Waals surface area contributed by atoms with Crippen LogP contribution < -0.4 is 10.6 Å². The Morgan fingerprint density at radius 2 is 1.48 bits per heavy atom. The molecule has 0 unspecified atom stereocenters. The van der Waals surface area contributed by atoms with Crippen LogP contribution >= 0.6 is 11.6 Å². The van der Waals surface area contributed by atoms with E-state index in [2.05, 4.69) is 10.6 Å². The first-order chi connectivity index (χ1) is 13.1. The van der Waals surface area contributed by atoms with Gasteiger partial charge in [-0.2, -0.15) is 0 Å². The second kappa shape index (κ2) is 8.83. The number of anilines is 2. The fourth-order valence-electron chi connectivity index (χ4n) is 2.43. The smallest absolute Gasteiger partial charge is 0.255 e. The van der Waals surface area contributed by atoms with Gasteiger partial charge in [0.1, 0.15) is 0 Å². The van der Waals surface area contributed by atoms with Crippen molar-refractivity contribution in [1.29, 1.82) is 0 Å². The van der Waals surface area contributed by atoms with E-state index in [0.717, 1.165) is 5.56 Å². The summed E-state index contributed by atoms with van der Waals surface area (Å²) >= 11 is 5.91. The Morgan fingerprint density at radius 1 is 0.778 bits per heavy atom. The number of carbonyl (C=O) groups excluding carboxylic acids is 2.